The van der Waals surface area contributed by atoms with Crippen LogP contribution in [-0.4, -0.2) is 67.8 Å². The van der Waals surface area contributed by atoms with Crippen molar-refractivity contribution in [1.82, 2.24) is 15.1 Å². The molecule has 0 aromatic carbocycles. The largest absolute Gasteiger partial charge is 0.314 e. The molecule has 2 rings (SSSR count). The lowest BCUT2D eigenvalue weighted by molar-refractivity contribution is 0.0420. The van der Waals surface area contributed by atoms with Crippen LogP contribution in [-0.2, 0) is 0 Å². The van der Waals surface area contributed by atoms with Gasteiger partial charge in [0.1, 0.15) is 6.17 Å². The van der Waals surface area contributed by atoms with Gasteiger partial charge < -0.3 is 10.2 Å². The summed E-state index contributed by atoms with van der Waals surface area (Å²) in [5.41, 5.74) is 0. The molecule has 88 valence electrons. The third kappa shape index (κ3) is 2.68. The molecule has 2 atom stereocenters. The lowest BCUT2D eigenvalue weighted by atomic mass is 10.0. The van der Waals surface area contributed by atoms with Crippen molar-refractivity contribution in [3.8, 4) is 0 Å². The van der Waals surface area contributed by atoms with Crippen molar-refractivity contribution in [2.75, 3.05) is 45.8 Å². The van der Waals surface area contributed by atoms with Crippen molar-refractivity contribution in [3.63, 3.8) is 0 Å². The first-order valence-corrected chi connectivity index (χ1v) is 6.12. The Labute approximate surface area is 91.6 Å². The van der Waals surface area contributed by atoms with Gasteiger partial charge in [-0.2, -0.15) is 0 Å². The Bertz CT molecular complexity index is 192. The van der Waals surface area contributed by atoms with Crippen molar-refractivity contribution >= 4 is 0 Å². The zero-order chi connectivity index (χ0) is 10.7. The summed E-state index contributed by atoms with van der Waals surface area (Å²) >= 11 is 0. The molecular weight excluding hydrogens is 193 g/mol. The Balaban J connectivity index is 1.83. The zero-order valence-electron chi connectivity index (χ0n) is 9.58. The summed E-state index contributed by atoms with van der Waals surface area (Å²) in [5, 5.41) is 3.11. The third-order valence-electron chi connectivity index (χ3n) is 3.70. The van der Waals surface area contributed by atoms with Crippen LogP contribution in [0.5, 0.6) is 0 Å². The number of hydrogen-bond donors (Lipinski definition) is 1. The highest BCUT2D eigenvalue weighted by Crippen LogP contribution is 2.17. The van der Waals surface area contributed by atoms with Gasteiger partial charge in [-0.05, 0) is 19.5 Å². The van der Waals surface area contributed by atoms with Gasteiger partial charge >= 0.3 is 0 Å². The SMILES string of the molecule is CCN1CCN(C2CCNCC2F)CC1. The number of likely N-dealkylation sites (N-methyl/N-ethyl adjacent to an activating group) is 1. The van der Waals surface area contributed by atoms with Crippen LogP contribution in [0.4, 0.5) is 4.39 Å². The quantitative estimate of drug-likeness (QED) is 0.716. The lowest BCUT2D eigenvalue weighted by Crippen LogP contribution is -2.56. The van der Waals surface area contributed by atoms with Crippen LogP contribution in [0, 0.1) is 0 Å². The first-order valence-electron chi connectivity index (χ1n) is 6.12. The van der Waals surface area contributed by atoms with Gasteiger partial charge in [0.15, 0.2) is 0 Å². The minimum Gasteiger partial charge on any atom is -0.314 e. The minimum absolute atomic E-state index is 0.172. The average Bonchev–Trinajstić information content (AvgIpc) is 2.30. The van der Waals surface area contributed by atoms with Crippen LogP contribution in [0.25, 0.3) is 0 Å². The molecule has 0 radical (unpaired) electrons. The number of alkyl halides is 1. The van der Waals surface area contributed by atoms with Crippen LogP contribution in [0.2, 0.25) is 0 Å². The molecular formula is C11H22FN3. The van der Waals surface area contributed by atoms with Crippen LogP contribution >= 0.6 is 0 Å². The average molecular weight is 215 g/mol. The molecule has 15 heavy (non-hydrogen) atoms. The Morgan fingerprint density at radius 3 is 2.60 bits per heavy atom. The normalized spacial score (nSPS) is 35.6. The van der Waals surface area contributed by atoms with Crippen molar-refractivity contribution in [2.24, 2.45) is 0 Å². The molecule has 0 saturated carbocycles. The molecule has 4 heteroatoms. The van der Waals surface area contributed by atoms with Crippen LogP contribution < -0.4 is 5.32 Å². The number of nitrogens with zero attached hydrogens (tertiary/aromatic N) is 2. The molecule has 0 spiro atoms. The predicted molar refractivity (Wildman–Crippen MR) is 59.9 cm³/mol. The molecule has 3 nitrogen and oxygen atoms in total. The van der Waals surface area contributed by atoms with Crippen molar-refractivity contribution in [3.05, 3.63) is 0 Å². The van der Waals surface area contributed by atoms with Gasteiger partial charge in [-0.15, -0.1) is 0 Å². The lowest BCUT2D eigenvalue weighted by Gasteiger charge is -2.41. The molecule has 2 aliphatic heterocycles. The van der Waals surface area contributed by atoms with E-state index in [1.54, 1.807) is 0 Å². The van der Waals surface area contributed by atoms with Crippen molar-refractivity contribution in [2.45, 2.75) is 25.6 Å². The fraction of sp³-hybridized carbons (Fsp3) is 1.00. The summed E-state index contributed by atoms with van der Waals surface area (Å²) in [6, 6.07) is 0.172. The van der Waals surface area contributed by atoms with E-state index in [4.69, 9.17) is 0 Å². The Hall–Kier alpha value is -0.190. The molecule has 2 heterocycles. The second-order valence-electron chi connectivity index (χ2n) is 4.55. The molecule has 2 fully saturated rings. The summed E-state index contributed by atoms with van der Waals surface area (Å²) in [7, 11) is 0. The number of nitrogens with one attached hydrogen (secondary N) is 1. The molecule has 0 aromatic heterocycles. The topological polar surface area (TPSA) is 18.5 Å². The highest BCUT2D eigenvalue weighted by molar-refractivity contribution is 4.87. The fourth-order valence-corrected chi connectivity index (χ4v) is 2.63. The molecule has 0 aliphatic carbocycles. The van der Waals surface area contributed by atoms with Crippen LogP contribution in [0.15, 0.2) is 0 Å². The summed E-state index contributed by atoms with van der Waals surface area (Å²) < 4.78 is 13.7. The van der Waals surface area contributed by atoms with E-state index in [0.717, 1.165) is 45.7 Å². The Kier molecular flexibility index (Phi) is 3.94. The number of halogens is 1. The maximum Gasteiger partial charge on any atom is 0.128 e. The number of piperazine rings is 1. The van der Waals surface area contributed by atoms with Gasteiger partial charge in [0.2, 0.25) is 0 Å². The van der Waals surface area contributed by atoms with Gasteiger partial charge in [-0.3, -0.25) is 4.90 Å². The molecule has 1 N–H and O–H groups in total. The first kappa shape index (κ1) is 11.3. The van der Waals surface area contributed by atoms with E-state index in [-0.39, 0.29) is 6.04 Å². The van der Waals surface area contributed by atoms with Crippen molar-refractivity contribution in [1.29, 1.82) is 0 Å². The smallest absolute Gasteiger partial charge is 0.128 e. The standard InChI is InChI=1S/C11H22FN3/c1-2-14-5-7-15(8-6-14)11-3-4-13-9-10(11)12/h10-11,13H,2-9H2,1H3. The molecule has 0 bridgehead atoms. The fourth-order valence-electron chi connectivity index (χ4n) is 2.63. The number of hydrogen-bond acceptors (Lipinski definition) is 3. The minimum atomic E-state index is -0.674. The number of rotatable bonds is 2. The molecule has 0 aromatic rings. The Morgan fingerprint density at radius 1 is 1.27 bits per heavy atom. The number of piperidine rings is 1. The van der Waals surface area contributed by atoms with Gasteiger partial charge in [0.05, 0.1) is 0 Å². The highest BCUT2D eigenvalue weighted by Gasteiger charge is 2.31. The van der Waals surface area contributed by atoms with E-state index < -0.39 is 6.17 Å². The maximum atomic E-state index is 13.7. The van der Waals surface area contributed by atoms with Crippen molar-refractivity contribution < 1.29 is 4.39 Å². The predicted octanol–water partition coefficient (Wildman–Crippen LogP) is 0.324. The van der Waals surface area contributed by atoms with Crippen LogP contribution in [0.3, 0.4) is 0 Å². The maximum absolute atomic E-state index is 13.7. The van der Waals surface area contributed by atoms with Gasteiger partial charge in [0, 0.05) is 38.8 Å². The molecule has 2 aliphatic rings. The van der Waals surface area contributed by atoms with Gasteiger partial charge in [-0.1, -0.05) is 6.92 Å². The van der Waals surface area contributed by atoms with E-state index in [0.29, 0.717) is 6.54 Å². The van der Waals surface area contributed by atoms with Crippen LogP contribution in [0.1, 0.15) is 13.3 Å². The highest BCUT2D eigenvalue weighted by atomic mass is 19.1. The molecule has 2 saturated heterocycles. The van der Waals surface area contributed by atoms with Gasteiger partial charge in [0.25, 0.3) is 0 Å². The van der Waals surface area contributed by atoms with E-state index in [1.807, 2.05) is 0 Å². The van der Waals surface area contributed by atoms with Gasteiger partial charge in [-0.25, -0.2) is 4.39 Å². The van der Waals surface area contributed by atoms with E-state index in [2.05, 4.69) is 22.0 Å². The Morgan fingerprint density at radius 2 is 2.00 bits per heavy atom. The molecule has 0 amide bonds. The summed E-state index contributed by atoms with van der Waals surface area (Å²) in [5.74, 6) is 0. The first-order chi connectivity index (χ1) is 7.31. The zero-order valence-corrected chi connectivity index (χ0v) is 9.58. The third-order valence-corrected chi connectivity index (χ3v) is 3.70. The molecule has 2 unspecified atom stereocenters. The van der Waals surface area contributed by atoms with E-state index in [9.17, 15) is 4.39 Å². The summed E-state index contributed by atoms with van der Waals surface area (Å²) in [6.45, 7) is 9.12. The summed E-state index contributed by atoms with van der Waals surface area (Å²) in [6.07, 6.45) is 0.291. The second-order valence-corrected chi connectivity index (χ2v) is 4.55. The van der Waals surface area contributed by atoms with E-state index in [1.165, 1.54) is 0 Å². The second kappa shape index (κ2) is 5.23. The monoisotopic (exact) mass is 215 g/mol. The van der Waals surface area contributed by atoms with E-state index >= 15 is 0 Å². The summed E-state index contributed by atoms with van der Waals surface area (Å²) in [4.78, 5) is 4.78.